The molecule has 0 bridgehead atoms. The molecule has 0 aliphatic carbocycles. The third-order valence-corrected chi connectivity index (χ3v) is 0. The van der Waals surface area contributed by atoms with Crippen LogP contribution in [0.25, 0.3) is 0 Å². The predicted molar refractivity (Wildman–Crippen MR) is 7.37 cm³/mol. The Morgan fingerprint density at radius 3 is 0.500 bits per heavy atom. The standard InChI is InChI=1S/3K.S/q3*+1;-2. The van der Waals surface area contributed by atoms with Crippen molar-refractivity contribution in [1.29, 1.82) is 0 Å². The van der Waals surface area contributed by atoms with Crippen molar-refractivity contribution in [2.24, 2.45) is 0 Å². The van der Waals surface area contributed by atoms with E-state index in [1.54, 1.807) is 0 Å². The predicted octanol–water partition coefficient (Wildman–Crippen LogP) is -8.99. The Bertz CT molecular complexity index is 3.25. The van der Waals surface area contributed by atoms with Crippen molar-refractivity contribution < 1.29 is 154 Å². The molecule has 0 spiro atoms. The van der Waals surface area contributed by atoms with Gasteiger partial charge in [0.25, 0.3) is 0 Å². The van der Waals surface area contributed by atoms with Gasteiger partial charge in [-0.05, 0) is 0 Å². The zero-order valence-electron chi connectivity index (χ0n) is 3.41. The topological polar surface area (TPSA) is 0 Å². The van der Waals surface area contributed by atoms with Crippen molar-refractivity contribution in [3.05, 3.63) is 0 Å². The maximum atomic E-state index is 0. The molecule has 0 saturated heterocycles. The van der Waals surface area contributed by atoms with Gasteiger partial charge in [-0.3, -0.25) is 0 Å². The van der Waals surface area contributed by atoms with Crippen molar-refractivity contribution in [3.8, 4) is 0 Å². The summed E-state index contributed by atoms with van der Waals surface area (Å²) in [4.78, 5) is 0. The molecular formula is K3S+. The van der Waals surface area contributed by atoms with Gasteiger partial charge in [-0.2, -0.15) is 0 Å². The normalized spacial score (nSPS) is 0. The molecule has 0 aromatic carbocycles. The first kappa shape index (κ1) is 22.8. The minimum Gasteiger partial charge on any atom is -2.00 e. The second-order valence-corrected chi connectivity index (χ2v) is 0. The molecule has 0 radical (unpaired) electrons. The molecule has 4 heteroatoms. The monoisotopic (exact) mass is 149 g/mol. The van der Waals surface area contributed by atoms with Gasteiger partial charge in [0.05, 0.1) is 0 Å². The van der Waals surface area contributed by atoms with Gasteiger partial charge in [-0.25, -0.2) is 0 Å². The first-order chi connectivity index (χ1) is 0. The van der Waals surface area contributed by atoms with Crippen molar-refractivity contribution in [2.75, 3.05) is 0 Å². The van der Waals surface area contributed by atoms with Crippen LogP contribution in [-0.2, 0) is 13.5 Å². The van der Waals surface area contributed by atoms with Gasteiger partial charge in [0, 0.05) is 0 Å². The molecule has 0 amide bonds. The van der Waals surface area contributed by atoms with Gasteiger partial charge >= 0.3 is 154 Å². The Hall–Kier alpha value is 5.26. The van der Waals surface area contributed by atoms with Crippen LogP contribution in [0.15, 0.2) is 0 Å². The van der Waals surface area contributed by atoms with Crippen LogP contribution in [0.5, 0.6) is 0 Å². The summed E-state index contributed by atoms with van der Waals surface area (Å²) in [7, 11) is 0. The molecule has 0 rings (SSSR count). The minimum absolute atomic E-state index is 0. The van der Waals surface area contributed by atoms with E-state index in [-0.39, 0.29) is 168 Å². The average molecular weight is 149 g/mol. The Kier molecular flexibility index (Phi) is 89.8. The maximum absolute atomic E-state index is 0. The van der Waals surface area contributed by atoms with E-state index in [9.17, 15) is 0 Å². The summed E-state index contributed by atoms with van der Waals surface area (Å²) in [5.74, 6) is 0. The fraction of sp³-hybridized carbons (Fsp3) is 0. The molecule has 0 N–H and O–H groups in total. The average Bonchev–Trinajstić information content (AvgIpc) is 0. The minimum atomic E-state index is 0. The molecule has 0 heterocycles. The Balaban J connectivity index is 0. The molecule has 0 aromatic rings. The second-order valence-electron chi connectivity index (χ2n) is 0. The molecule has 0 nitrogen and oxygen atoms in total. The van der Waals surface area contributed by atoms with Crippen molar-refractivity contribution in [3.63, 3.8) is 0 Å². The molecule has 0 atom stereocenters. The van der Waals surface area contributed by atoms with Gasteiger partial charge in [0.1, 0.15) is 0 Å². The van der Waals surface area contributed by atoms with Crippen LogP contribution in [-0.4, -0.2) is 0 Å². The van der Waals surface area contributed by atoms with E-state index in [1.807, 2.05) is 0 Å². The molecule has 0 aromatic heterocycles. The van der Waals surface area contributed by atoms with Crippen molar-refractivity contribution in [1.82, 2.24) is 0 Å². The molecule has 0 fully saturated rings. The van der Waals surface area contributed by atoms with Crippen molar-refractivity contribution in [2.45, 2.75) is 0 Å². The molecule has 0 unspecified atom stereocenters. The summed E-state index contributed by atoms with van der Waals surface area (Å²) in [6, 6.07) is 0. The number of rotatable bonds is 0. The third-order valence-electron chi connectivity index (χ3n) is 0. The van der Waals surface area contributed by atoms with Crippen LogP contribution >= 0.6 is 0 Å². The molecule has 0 aliphatic heterocycles. The van der Waals surface area contributed by atoms with Crippen LogP contribution in [0.1, 0.15) is 0 Å². The van der Waals surface area contributed by atoms with Crippen LogP contribution in [0.2, 0.25) is 0 Å². The molecule has 4 heavy (non-hydrogen) atoms. The van der Waals surface area contributed by atoms with Gasteiger partial charge in [0.15, 0.2) is 0 Å². The third kappa shape index (κ3) is 10.3. The van der Waals surface area contributed by atoms with E-state index < -0.39 is 0 Å². The summed E-state index contributed by atoms with van der Waals surface area (Å²) in [6.45, 7) is 0. The van der Waals surface area contributed by atoms with Crippen LogP contribution in [0, 0.1) is 0 Å². The molecule has 8 valence electrons. The summed E-state index contributed by atoms with van der Waals surface area (Å²) >= 11 is 0. The molecule has 0 saturated carbocycles. The van der Waals surface area contributed by atoms with Crippen LogP contribution in [0.3, 0.4) is 0 Å². The smallest absolute Gasteiger partial charge is 1.00 e. The van der Waals surface area contributed by atoms with E-state index in [0.29, 0.717) is 0 Å². The second kappa shape index (κ2) is 15.7. The van der Waals surface area contributed by atoms with Gasteiger partial charge in [-0.1, -0.05) is 0 Å². The number of hydrogen-bond acceptors (Lipinski definition) is 0. The first-order valence-corrected chi connectivity index (χ1v) is 0. The Morgan fingerprint density at radius 2 is 0.500 bits per heavy atom. The SMILES string of the molecule is [K+].[K+].[K+].[S-2]. The van der Waals surface area contributed by atoms with E-state index >= 15 is 0 Å². The first-order valence-electron chi connectivity index (χ1n) is 0. The fourth-order valence-electron chi connectivity index (χ4n) is 0. The summed E-state index contributed by atoms with van der Waals surface area (Å²) in [5.41, 5.74) is 0. The quantitative estimate of drug-likeness (QED) is 0.300. The Morgan fingerprint density at radius 1 is 0.500 bits per heavy atom. The van der Waals surface area contributed by atoms with Crippen LogP contribution < -0.4 is 154 Å². The van der Waals surface area contributed by atoms with E-state index in [4.69, 9.17) is 0 Å². The summed E-state index contributed by atoms with van der Waals surface area (Å²) < 4.78 is 0. The van der Waals surface area contributed by atoms with E-state index in [2.05, 4.69) is 0 Å². The van der Waals surface area contributed by atoms with E-state index in [1.165, 1.54) is 0 Å². The fourth-order valence-corrected chi connectivity index (χ4v) is 0. The zero-order chi connectivity index (χ0) is 0. The van der Waals surface area contributed by atoms with Crippen molar-refractivity contribution >= 4 is 13.5 Å². The Labute approximate surface area is 161 Å². The summed E-state index contributed by atoms with van der Waals surface area (Å²) in [6.07, 6.45) is 0. The largest absolute Gasteiger partial charge is 2.00 e. The van der Waals surface area contributed by atoms with Gasteiger partial charge in [-0.15, -0.1) is 0 Å². The molecule has 0 aliphatic rings. The molecular weight excluding hydrogens is 149 g/mol. The zero-order valence-corrected chi connectivity index (χ0v) is 13.6. The number of hydrogen-bond donors (Lipinski definition) is 0. The van der Waals surface area contributed by atoms with Gasteiger partial charge < -0.3 is 13.5 Å². The summed E-state index contributed by atoms with van der Waals surface area (Å²) in [5, 5.41) is 0. The van der Waals surface area contributed by atoms with Gasteiger partial charge in [0.2, 0.25) is 0 Å². The van der Waals surface area contributed by atoms with Crippen LogP contribution in [0.4, 0.5) is 0 Å². The maximum Gasteiger partial charge on any atom is 1.00 e. The van der Waals surface area contributed by atoms with E-state index in [0.717, 1.165) is 0 Å².